The standard InChI is InChI=1S/C8H10N6O/c15-8-11-3-4-13(8)14-7-6(5-12-14)9-1-2-10-7/h1-4,6,9,12H,5H2,(H,11,15). The maximum Gasteiger partial charge on any atom is 0.345 e. The Hall–Kier alpha value is -2.02. The first kappa shape index (κ1) is 8.30. The van der Waals surface area contributed by atoms with Crippen LogP contribution < -0.4 is 21.6 Å². The summed E-state index contributed by atoms with van der Waals surface area (Å²) < 4.78 is 1.44. The van der Waals surface area contributed by atoms with Crippen molar-refractivity contribution < 1.29 is 0 Å². The Morgan fingerprint density at radius 2 is 2.47 bits per heavy atom. The second-order valence-corrected chi connectivity index (χ2v) is 3.31. The number of fused-ring (bicyclic) bond motifs is 1. The number of aromatic amines is 1. The van der Waals surface area contributed by atoms with Gasteiger partial charge in [-0.1, -0.05) is 0 Å². The third-order valence-electron chi connectivity index (χ3n) is 2.40. The molecule has 3 heterocycles. The van der Waals surface area contributed by atoms with Crippen molar-refractivity contribution >= 4 is 5.84 Å². The van der Waals surface area contributed by atoms with Crippen molar-refractivity contribution in [2.24, 2.45) is 4.99 Å². The summed E-state index contributed by atoms with van der Waals surface area (Å²) in [7, 11) is 0. The molecule has 1 aromatic rings. The molecule has 2 aliphatic heterocycles. The molecule has 7 nitrogen and oxygen atoms in total. The van der Waals surface area contributed by atoms with Gasteiger partial charge in [0, 0.05) is 31.3 Å². The first-order chi connectivity index (χ1) is 7.36. The summed E-state index contributed by atoms with van der Waals surface area (Å²) in [4.78, 5) is 18.2. The number of amidine groups is 1. The Labute approximate surface area is 85.1 Å². The average molecular weight is 206 g/mol. The molecule has 1 unspecified atom stereocenters. The van der Waals surface area contributed by atoms with Gasteiger partial charge in [0.2, 0.25) is 0 Å². The highest BCUT2D eigenvalue weighted by Crippen LogP contribution is 2.05. The molecule has 0 spiro atoms. The molecular formula is C8H10N6O. The third-order valence-corrected chi connectivity index (χ3v) is 2.40. The Balaban J connectivity index is 2.01. The smallest absolute Gasteiger partial charge is 0.345 e. The molecule has 1 atom stereocenters. The number of nitrogens with one attached hydrogen (secondary N) is 3. The van der Waals surface area contributed by atoms with Crippen LogP contribution in [-0.2, 0) is 0 Å². The van der Waals surface area contributed by atoms with Crippen LogP contribution in [0.4, 0.5) is 0 Å². The highest BCUT2D eigenvalue weighted by molar-refractivity contribution is 5.98. The van der Waals surface area contributed by atoms with Gasteiger partial charge in [-0.25, -0.2) is 15.2 Å². The molecule has 3 rings (SSSR count). The normalized spacial score (nSPS) is 23.6. The van der Waals surface area contributed by atoms with Crippen molar-refractivity contribution in [1.29, 1.82) is 0 Å². The molecule has 1 fully saturated rings. The number of imidazole rings is 1. The molecule has 1 aromatic heterocycles. The van der Waals surface area contributed by atoms with E-state index >= 15 is 0 Å². The van der Waals surface area contributed by atoms with Crippen LogP contribution in [0.2, 0.25) is 0 Å². The summed E-state index contributed by atoms with van der Waals surface area (Å²) in [5, 5.41) is 4.79. The molecule has 0 aromatic carbocycles. The minimum absolute atomic E-state index is 0.122. The zero-order valence-electron chi connectivity index (χ0n) is 7.84. The Morgan fingerprint density at radius 3 is 3.27 bits per heavy atom. The Kier molecular flexibility index (Phi) is 1.65. The summed E-state index contributed by atoms with van der Waals surface area (Å²) in [5.74, 6) is 0.791. The van der Waals surface area contributed by atoms with E-state index in [1.807, 2.05) is 0 Å². The number of nitrogens with zero attached hydrogens (tertiary/aromatic N) is 3. The SMILES string of the molecule is O=c1[nH]ccn1N1NCC2NC=CN=C21. The zero-order valence-corrected chi connectivity index (χ0v) is 7.84. The number of hydrogen-bond acceptors (Lipinski definition) is 5. The highest BCUT2D eigenvalue weighted by atomic mass is 16.2. The summed E-state index contributed by atoms with van der Waals surface area (Å²) in [6.45, 7) is 0.709. The Morgan fingerprint density at radius 1 is 1.53 bits per heavy atom. The summed E-state index contributed by atoms with van der Waals surface area (Å²) in [5.41, 5.74) is 2.89. The highest BCUT2D eigenvalue weighted by Gasteiger charge is 2.31. The predicted molar refractivity (Wildman–Crippen MR) is 54.8 cm³/mol. The number of aromatic nitrogens is 2. The average Bonchev–Trinajstić information content (AvgIpc) is 2.83. The number of H-pyrrole nitrogens is 1. The van der Waals surface area contributed by atoms with Crippen LogP contribution in [0.5, 0.6) is 0 Å². The van der Waals surface area contributed by atoms with Gasteiger partial charge in [0.15, 0.2) is 5.84 Å². The van der Waals surface area contributed by atoms with Gasteiger partial charge in [-0.15, -0.1) is 0 Å². The van der Waals surface area contributed by atoms with Gasteiger partial charge in [-0.2, -0.15) is 9.79 Å². The molecular weight excluding hydrogens is 196 g/mol. The van der Waals surface area contributed by atoms with E-state index in [1.165, 1.54) is 4.68 Å². The topological polar surface area (TPSA) is 77.5 Å². The summed E-state index contributed by atoms with van der Waals surface area (Å²) in [6.07, 6.45) is 6.70. The van der Waals surface area contributed by atoms with Gasteiger partial charge in [0.1, 0.15) is 6.04 Å². The summed E-state index contributed by atoms with van der Waals surface area (Å²) in [6, 6.07) is 0.122. The zero-order chi connectivity index (χ0) is 10.3. The van der Waals surface area contributed by atoms with E-state index in [1.54, 1.807) is 29.9 Å². The molecule has 7 heteroatoms. The first-order valence-electron chi connectivity index (χ1n) is 4.65. The van der Waals surface area contributed by atoms with Gasteiger partial charge in [0.25, 0.3) is 0 Å². The minimum atomic E-state index is -0.194. The lowest BCUT2D eigenvalue weighted by Crippen LogP contribution is -2.50. The van der Waals surface area contributed by atoms with E-state index in [-0.39, 0.29) is 11.7 Å². The maximum absolute atomic E-state index is 11.4. The van der Waals surface area contributed by atoms with Crippen LogP contribution in [0.15, 0.2) is 34.6 Å². The van der Waals surface area contributed by atoms with E-state index in [9.17, 15) is 4.79 Å². The van der Waals surface area contributed by atoms with E-state index in [0.717, 1.165) is 5.84 Å². The molecule has 3 N–H and O–H groups in total. The van der Waals surface area contributed by atoms with Gasteiger partial charge >= 0.3 is 5.69 Å². The molecule has 0 radical (unpaired) electrons. The van der Waals surface area contributed by atoms with E-state index in [0.29, 0.717) is 6.54 Å². The number of rotatable bonds is 1. The lowest BCUT2D eigenvalue weighted by Gasteiger charge is -2.20. The number of aliphatic imine (C=N–C) groups is 1. The van der Waals surface area contributed by atoms with Crippen molar-refractivity contribution in [2.75, 3.05) is 11.7 Å². The second-order valence-electron chi connectivity index (χ2n) is 3.31. The van der Waals surface area contributed by atoms with Crippen LogP contribution in [-0.4, -0.2) is 28.1 Å². The predicted octanol–water partition coefficient (Wildman–Crippen LogP) is -1.53. The van der Waals surface area contributed by atoms with Crippen LogP contribution in [0, 0.1) is 0 Å². The fraction of sp³-hybridized carbons (Fsp3) is 0.250. The molecule has 15 heavy (non-hydrogen) atoms. The molecule has 0 amide bonds. The molecule has 0 saturated carbocycles. The van der Waals surface area contributed by atoms with E-state index in [4.69, 9.17) is 0 Å². The lowest BCUT2D eigenvalue weighted by atomic mass is 10.3. The monoisotopic (exact) mass is 206 g/mol. The first-order valence-corrected chi connectivity index (χ1v) is 4.65. The van der Waals surface area contributed by atoms with Crippen molar-refractivity contribution in [1.82, 2.24) is 20.4 Å². The van der Waals surface area contributed by atoms with Crippen LogP contribution in [0.3, 0.4) is 0 Å². The number of hydrazine groups is 1. The molecule has 0 bridgehead atoms. The van der Waals surface area contributed by atoms with Gasteiger partial charge in [-0.3, -0.25) is 0 Å². The second kappa shape index (κ2) is 2.99. The van der Waals surface area contributed by atoms with Gasteiger partial charge in [0.05, 0.1) is 0 Å². The quantitative estimate of drug-likeness (QED) is 0.521. The fourth-order valence-corrected chi connectivity index (χ4v) is 1.71. The fourth-order valence-electron chi connectivity index (χ4n) is 1.71. The molecule has 2 aliphatic rings. The Bertz CT molecular complexity index is 483. The van der Waals surface area contributed by atoms with Crippen molar-refractivity contribution in [2.45, 2.75) is 6.04 Å². The van der Waals surface area contributed by atoms with Crippen molar-refractivity contribution in [3.8, 4) is 0 Å². The summed E-state index contributed by atoms with van der Waals surface area (Å²) >= 11 is 0. The van der Waals surface area contributed by atoms with Crippen LogP contribution in [0.25, 0.3) is 0 Å². The van der Waals surface area contributed by atoms with E-state index in [2.05, 4.69) is 20.7 Å². The molecule has 78 valence electrons. The van der Waals surface area contributed by atoms with E-state index < -0.39 is 0 Å². The minimum Gasteiger partial charge on any atom is -0.379 e. The van der Waals surface area contributed by atoms with Crippen molar-refractivity contribution in [3.05, 3.63) is 35.3 Å². The van der Waals surface area contributed by atoms with Crippen LogP contribution >= 0.6 is 0 Å². The van der Waals surface area contributed by atoms with Gasteiger partial charge in [-0.05, 0) is 0 Å². The van der Waals surface area contributed by atoms with Crippen molar-refractivity contribution in [3.63, 3.8) is 0 Å². The van der Waals surface area contributed by atoms with Crippen LogP contribution in [0.1, 0.15) is 0 Å². The third kappa shape index (κ3) is 1.17. The molecule has 1 saturated heterocycles. The largest absolute Gasteiger partial charge is 0.379 e. The maximum atomic E-state index is 11.4. The van der Waals surface area contributed by atoms with Gasteiger partial charge < -0.3 is 10.3 Å². The lowest BCUT2D eigenvalue weighted by molar-refractivity contribution is 0.603. The number of hydrogen-bond donors (Lipinski definition) is 3. The molecule has 0 aliphatic carbocycles.